The number of allylic oxidation sites excluding steroid dienone is 2. The molecule has 3 unspecified atom stereocenters. The Bertz CT molecular complexity index is 1100. The molecule has 9 heteroatoms. The van der Waals surface area contributed by atoms with Crippen LogP contribution in [0.5, 0.6) is 0 Å². The number of amides is 1. The van der Waals surface area contributed by atoms with Crippen LogP contribution in [0.15, 0.2) is 64.7 Å². The number of nitrogens with zero attached hydrogens (tertiary/aromatic N) is 3. The van der Waals surface area contributed by atoms with Crippen molar-refractivity contribution in [3.05, 3.63) is 70.9 Å². The highest BCUT2D eigenvalue weighted by Crippen LogP contribution is 2.49. The predicted octanol–water partition coefficient (Wildman–Crippen LogP) is 5.02. The van der Waals surface area contributed by atoms with Crippen molar-refractivity contribution in [2.45, 2.75) is 54.0 Å². The van der Waals surface area contributed by atoms with Crippen molar-refractivity contribution in [3.8, 4) is 0 Å². The lowest BCUT2D eigenvalue weighted by Gasteiger charge is -2.34. The maximum atomic E-state index is 12.9. The molecule has 0 saturated carbocycles. The summed E-state index contributed by atoms with van der Waals surface area (Å²) in [6.45, 7) is 4.56. The van der Waals surface area contributed by atoms with Gasteiger partial charge < -0.3 is 9.88 Å². The van der Waals surface area contributed by atoms with Gasteiger partial charge in [-0.05, 0) is 41.7 Å². The van der Waals surface area contributed by atoms with Gasteiger partial charge in [-0.1, -0.05) is 60.3 Å². The van der Waals surface area contributed by atoms with E-state index in [1.54, 1.807) is 23.5 Å². The Morgan fingerprint density at radius 2 is 2.06 bits per heavy atom. The van der Waals surface area contributed by atoms with Gasteiger partial charge in [-0.2, -0.15) is 0 Å². The molecule has 1 aliphatic carbocycles. The van der Waals surface area contributed by atoms with Gasteiger partial charge in [-0.15, -0.1) is 40.3 Å². The van der Waals surface area contributed by atoms with Gasteiger partial charge in [0.2, 0.25) is 5.91 Å². The smallest absolute Gasteiger partial charge is 0.231 e. The van der Waals surface area contributed by atoms with E-state index in [1.165, 1.54) is 28.9 Å². The summed E-state index contributed by atoms with van der Waals surface area (Å²) in [7, 11) is 0. The number of rotatable bonds is 9. The predicted molar refractivity (Wildman–Crippen MR) is 143 cm³/mol. The molecule has 3 aliphatic rings. The molecular formula is C25H29N5OS3. The molecule has 1 amide bonds. The van der Waals surface area contributed by atoms with Crippen LogP contribution in [0.25, 0.3) is 6.08 Å². The van der Waals surface area contributed by atoms with E-state index in [2.05, 4.69) is 56.3 Å². The molecule has 1 aromatic carbocycles. The first-order chi connectivity index (χ1) is 16.7. The van der Waals surface area contributed by atoms with E-state index in [4.69, 9.17) is 0 Å². The van der Waals surface area contributed by atoms with Crippen LogP contribution in [-0.4, -0.2) is 37.3 Å². The minimum absolute atomic E-state index is 0.00601. The number of benzene rings is 1. The lowest BCUT2D eigenvalue weighted by atomic mass is 9.88. The number of hydrogen-bond donors (Lipinski definition) is 2. The molecule has 0 spiro atoms. The second-order valence-electron chi connectivity index (χ2n) is 8.46. The topological polar surface area (TPSA) is 71.8 Å². The minimum atomic E-state index is -0.124. The zero-order chi connectivity index (χ0) is 23.3. The van der Waals surface area contributed by atoms with Gasteiger partial charge in [0, 0.05) is 12.3 Å². The van der Waals surface area contributed by atoms with Gasteiger partial charge in [-0.25, -0.2) is 0 Å². The molecule has 1 saturated heterocycles. The zero-order valence-corrected chi connectivity index (χ0v) is 21.4. The Morgan fingerprint density at radius 1 is 1.21 bits per heavy atom. The molecule has 0 bridgehead atoms. The minimum Gasteiger partial charge on any atom is -0.331 e. The monoisotopic (exact) mass is 511 g/mol. The largest absolute Gasteiger partial charge is 0.331 e. The van der Waals surface area contributed by atoms with Crippen LogP contribution in [0.1, 0.15) is 37.1 Å². The molecule has 3 heterocycles. The highest BCUT2D eigenvalue weighted by molar-refractivity contribution is 8.04. The van der Waals surface area contributed by atoms with Crippen molar-refractivity contribution in [1.82, 2.24) is 25.4 Å². The summed E-state index contributed by atoms with van der Waals surface area (Å²) in [5, 5.41) is 16.7. The maximum Gasteiger partial charge on any atom is 0.231 e. The first-order valence-electron chi connectivity index (χ1n) is 11.7. The molecule has 6 nitrogen and oxygen atoms in total. The van der Waals surface area contributed by atoms with Gasteiger partial charge >= 0.3 is 0 Å². The fourth-order valence-electron chi connectivity index (χ4n) is 4.57. The summed E-state index contributed by atoms with van der Waals surface area (Å²) in [5.41, 5.74) is 2.44. The molecule has 2 N–H and O–H groups in total. The summed E-state index contributed by atoms with van der Waals surface area (Å²) in [4.78, 5) is 14.4. The van der Waals surface area contributed by atoms with Crippen molar-refractivity contribution >= 4 is 47.3 Å². The maximum absolute atomic E-state index is 12.9. The molecule has 2 aliphatic heterocycles. The zero-order valence-electron chi connectivity index (χ0n) is 19.0. The van der Waals surface area contributed by atoms with Crippen molar-refractivity contribution in [3.63, 3.8) is 0 Å². The fourth-order valence-corrected chi connectivity index (χ4v) is 7.98. The lowest BCUT2D eigenvalue weighted by molar-refractivity contribution is -0.126. The number of fused-ring (bicyclic) bond motifs is 2. The average Bonchev–Trinajstić information content (AvgIpc) is 3.42. The second-order valence-corrected chi connectivity index (χ2v) is 11.8. The SMILES string of the molecule is C=CCn1c(CSC2NC(=O)C3C4=C(CCCC4)SC3N2)nnc1SC/C=C/c1ccccc1. The highest BCUT2D eigenvalue weighted by atomic mass is 32.2. The van der Waals surface area contributed by atoms with Crippen LogP contribution in [0.2, 0.25) is 0 Å². The van der Waals surface area contributed by atoms with Gasteiger partial charge in [0.25, 0.3) is 0 Å². The molecule has 1 aromatic heterocycles. The van der Waals surface area contributed by atoms with E-state index in [0.29, 0.717) is 12.3 Å². The molecule has 34 heavy (non-hydrogen) atoms. The summed E-state index contributed by atoms with van der Waals surface area (Å²) in [6.07, 6.45) is 10.8. The number of hydrogen-bond acceptors (Lipinski definition) is 7. The van der Waals surface area contributed by atoms with Gasteiger partial charge in [0.1, 0.15) is 11.3 Å². The summed E-state index contributed by atoms with van der Waals surface area (Å²) in [5.74, 6) is 2.53. The molecular weight excluding hydrogens is 483 g/mol. The Balaban J connectivity index is 1.17. The van der Waals surface area contributed by atoms with E-state index in [-0.39, 0.29) is 22.7 Å². The van der Waals surface area contributed by atoms with Crippen molar-refractivity contribution in [2.24, 2.45) is 5.92 Å². The Hall–Kier alpha value is -1.94. The standard InChI is InChI=1S/C25H29N5OS3/c1-2-14-30-20(28-29-25(30)32-15-8-11-17-9-4-3-5-10-17)16-33-24-26-22(31)21-18-12-6-7-13-19(18)34-23(21)27-24/h2-5,8-11,21,23-24,27H,1,6-7,12-16H2,(H,26,31)/b11-8+. The Morgan fingerprint density at radius 3 is 2.91 bits per heavy atom. The van der Waals surface area contributed by atoms with Gasteiger partial charge in [0.15, 0.2) is 5.16 Å². The molecule has 1 fully saturated rings. The summed E-state index contributed by atoms with van der Waals surface area (Å²) in [6, 6.07) is 10.3. The Kier molecular flexibility index (Phi) is 7.83. The van der Waals surface area contributed by atoms with Crippen LogP contribution in [-0.2, 0) is 17.1 Å². The van der Waals surface area contributed by atoms with Crippen molar-refractivity contribution in [2.75, 3.05) is 5.75 Å². The normalized spacial score (nSPS) is 24.2. The first-order valence-corrected chi connectivity index (χ1v) is 14.6. The van der Waals surface area contributed by atoms with E-state index >= 15 is 0 Å². The van der Waals surface area contributed by atoms with E-state index in [0.717, 1.165) is 29.6 Å². The van der Waals surface area contributed by atoms with E-state index in [9.17, 15) is 4.79 Å². The molecule has 178 valence electrons. The quantitative estimate of drug-likeness (QED) is 0.362. The molecule has 3 atom stereocenters. The highest BCUT2D eigenvalue weighted by Gasteiger charge is 2.45. The fraction of sp³-hybridized carbons (Fsp3) is 0.400. The number of carbonyl (C=O) groups excluding carboxylic acids is 1. The van der Waals surface area contributed by atoms with E-state index in [1.807, 2.05) is 36.0 Å². The van der Waals surface area contributed by atoms with Crippen LogP contribution in [0.4, 0.5) is 0 Å². The molecule has 2 aromatic rings. The van der Waals surface area contributed by atoms with Crippen molar-refractivity contribution < 1.29 is 4.79 Å². The van der Waals surface area contributed by atoms with Crippen molar-refractivity contribution in [1.29, 1.82) is 0 Å². The average molecular weight is 512 g/mol. The molecule has 0 radical (unpaired) electrons. The number of aromatic nitrogens is 3. The summed E-state index contributed by atoms with van der Waals surface area (Å²) >= 11 is 5.19. The van der Waals surface area contributed by atoms with Gasteiger partial charge in [0.05, 0.1) is 17.0 Å². The second kappa shape index (κ2) is 11.2. The van der Waals surface area contributed by atoms with Crippen LogP contribution in [0, 0.1) is 5.92 Å². The summed E-state index contributed by atoms with van der Waals surface area (Å²) < 4.78 is 2.11. The lowest BCUT2D eigenvalue weighted by Crippen LogP contribution is -2.58. The third-order valence-electron chi connectivity index (χ3n) is 6.18. The third kappa shape index (κ3) is 5.32. The number of nitrogens with one attached hydrogen (secondary N) is 2. The van der Waals surface area contributed by atoms with Crippen LogP contribution in [0.3, 0.4) is 0 Å². The molecule has 5 rings (SSSR count). The van der Waals surface area contributed by atoms with E-state index < -0.39 is 0 Å². The first kappa shape index (κ1) is 23.8. The van der Waals surface area contributed by atoms with Crippen LogP contribution < -0.4 is 10.6 Å². The van der Waals surface area contributed by atoms with Gasteiger partial charge in [-0.3, -0.25) is 10.1 Å². The number of thioether (sulfide) groups is 3. The van der Waals surface area contributed by atoms with Crippen LogP contribution >= 0.6 is 35.3 Å². The Labute approximate surface area is 213 Å². The third-order valence-corrected chi connectivity index (χ3v) is 9.52. The number of carbonyl (C=O) groups is 1.